The number of aromatic nitrogens is 1. The Hall–Kier alpha value is -2.21. The van der Waals surface area contributed by atoms with Crippen molar-refractivity contribution in [1.29, 1.82) is 0 Å². The lowest BCUT2D eigenvalue weighted by Crippen LogP contribution is -2.25. The molecule has 1 heterocycles. The van der Waals surface area contributed by atoms with Gasteiger partial charge < -0.3 is 10.6 Å². The van der Waals surface area contributed by atoms with Crippen LogP contribution in [0.4, 0.5) is 5.69 Å². The van der Waals surface area contributed by atoms with Gasteiger partial charge in [-0.2, -0.15) is 0 Å². The second-order valence-electron chi connectivity index (χ2n) is 6.47. The van der Waals surface area contributed by atoms with Crippen molar-refractivity contribution in [2.45, 2.75) is 45.6 Å². The fourth-order valence-corrected chi connectivity index (χ4v) is 3.80. The first kappa shape index (κ1) is 17.6. The molecule has 0 saturated heterocycles. The lowest BCUT2D eigenvalue weighted by atomic mass is 9.88. The smallest absolute Gasteiger partial charge is 0.251 e. The summed E-state index contributed by atoms with van der Waals surface area (Å²) in [7, 11) is 0. The molecule has 25 heavy (non-hydrogen) atoms. The normalized spacial score (nSPS) is 14.9. The van der Waals surface area contributed by atoms with Crippen LogP contribution in [0.2, 0.25) is 0 Å². The SMILES string of the molecule is Cc1csc(CNC(=O)c2cccc(NC(=O)C3CCCCC3)c2)n1. The number of benzene rings is 1. The summed E-state index contributed by atoms with van der Waals surface area (Å²) in [6.07, 6.45) is 5.38. The van der Waals surface area contributed by atoms with Gasteiger partial charge >= 0.3 is 0 Å². The molecule has 1 fully saturated rings. The quantitative estimate of drug-likeness (QED) is 0.852. The van der Waals surface area contributed by atoms with E-state index in [1.807, 2.05) is 18.4 Å². The van der Waals surface area contributed by atoms with E-state index in [2.05, 4.69) is 15.6 Å². The van der Waals surface area contributed by atoms with Gasteiger partial charge in [0.25, 0.3) is 5.91 Å². The molecule has 0 bridgehead atoms. The van der Waals surface area contributed by atoms with Gasteiger partial charge in [-0.15, -0.1) is 11.3 Å². The third kappa shape index (κ3) is 4.89. The molecule has 132 valence electrons. The summed E-state index contributed by atoms with van der Waals surface area (Å²) in [5.41, 5.74) is 2.17. The van der Waals surface area contributed by atoms with Crippen molar-refractivity contribution in [3.8, 4) is 0 Å². The molecule has 5 nitrogen and oxygen atoms in total. The summed E-state index contributed by atoms with van der Waals surface area (Å²) in [4.78, 5) is 29.0. The number of aryl methyl sites for hydroxylation is 1. The second-order valence-corrected chi connectivity index (χ2v) is 7.41. The molecule has 1 aromatic heterocycles. The summed E-state index contributed by atoms with van der Waals surface area (Å²) < 4.78 is 0. The minimum atomic E-state index is -0.165. The van der Waals surface area contributed by atoms with Gasteiger partial charge in [0.1, 0.15) is 5.01 Å². The summed E-state index contributed by atoms with van der Waals surface area (Å²) in [5, 5.41) is 8.67. The maximum absolute atomic E-state index is 12.3. The average Bonchev–Trinajstić information content (AvgIpc) is 3.06. The molecule has 2 N–H and O–H groups in total. The topological polar surface area (TPSA) is 71.1 Å². The number of hydrogen-bond acceptors (Lipinski definition) is 4. The molecule has 0 aliphatic heterocycles. The molecule has 0 atom stereocenters. The minimum absolute atomic E-state index is 0.0653. The Morgan fingerprint density at radius 1 is 1.24 bits per heavy atom. The summed E-state index contributed by atoms with van der Waals surface area (Å²) in [6, 6.07) is 7.09. The number of amides is 2. The fourth-order valence-electron chi connectivity index (χ4n) is 3.09. The van der Waals surface area contributed by atoms with E-state index in [4.69, 9.17) is 0 Å². The Morgan fingerprint density at radius 3 is 2.76 bits per heavy atom. The van der Waals surface area contributed by atoms with Crippen LogP contribution in [0.25, 0.3) is 0 Å². The predicted octanol–water partition coefficient (Wildman–Crippen LogP) is 3.90. The molecule has 2 aromatic rings. The molecular weight excluding hydrogens is 334 g/mol. The van der Waals surface area contributed by atoms with Crippen molar-refractivity contribution < 1.29 is 9.59 Å². The monoisotopic (exact) mass is 357 g/mol. The molecule has 3 rings (SSSR count). The maximum atomic E-state index is 12.3. The summed E-state index contributed by atoms with van der Waals surface area (Å²) in [6.45, 7) is 2.34. The third-order valence-corrected chi connectivity index (χ3v) is 5.40. The highest BCUT2D eigenvalue weighted by atomic mass is 32.1. The lowest BCUT2D eigenvalue weighted by Gasteiger charge is -2.20. The van der Waals surface area contributed by atoms with Gasteiger partial charge in [0.2, 0.25) is 5.91 Å². The van der Waals surface area contributed by atoms with Crippen LogP contribution in [0, 0.1) is 12.8 Å². The number of hydrogen-bond donors (Lipinski definition) is 2. The molecule has 0 radical (unpaired) electrons. The number of thiazole rings is 1. The minimum Gasteiger partial charge on any atom is -0.346 e. The van der Waals surface area contributed by atoms with Gasteiger partial charge in [-0.3, -0.25) is 9.59 Å². The highest BCUT2D eigenvalue weighted by molar-refractivity contribution is 7.09. The molecule has 2 amide bonds. The van der Waals surface area contributed by atoms with Gasteiger partial charge in [0.05, 0.1) is 6.54 Å². The van der Waals surface area contributed by atoms with Crippen molar-refractivity contribution >= 4 is 28.8 Å². The molecule has 1 aromatic carbocycles. The van der Waals surface area contributed by atoms with Gasteiger partial charge in [-0.1, -0.05) is 25.3 Å². The zero-order chi connectivity index (χ0) is 17.6. The van der Waals surface area contributed by atoms with Gasteiger partial charge in [0.15, 0.2) is 0 Å². The van der Waals surface area contributed by atoms with Gasteiger partial charge in [0, 0.05) is 28.2 Å². The summed E-state index contributed by atoms with van der Waals surface area (Å²) in [5.74, 6) is -0.00323. The van der Waals surface area contributed by atoms with Crippen LogP contribution in [0.3, 0.4) is 0 Å². The Balaban J connectivity index is 1.58. The van der Waals surface area contributed by atoms with E-state index in [1.165, 1.54) is 17.8 Å². The zero-order valence-electron chi connectivity index (χ0n) is 14.4. The van der Waals surface area contributed by atoms with Crippen molar-refractivity contribution in [2.75, 3.05) is 5.32 Å². The van der Waals surface area contributed by atoms with E-state index < -0.39 is 0 Å². The molecule has 6 heteroatoms. The predicted molar refractivity (Wildman–Crippen MR) is 99.7 cm³/mol. The molecule has 0 unspecified atom stereocenters. The van der Waals surface area contributed by atoms with E-state index in [1.54, 1.807) is 18.2 Å². The Labute approximate surface area is 151 Å². The van der Waals surface area contributed by atoms with Gasteiger partial charge in [-0.25, -0.2) is 4.98 Å². The standard InChI is InChI=1S/C19H23N3O2S/c1-13-12-25-17(21-13)11-20-18(23)15-8-5-9-16(10-15)22-19(24)14-6-3-2-4-7-14/h5,8-10,12,14H,2-4,6-7,11H2,1H3,(H,20,23)(H,22,24). The number of carbonyl (C=O) groups excluding carboxylic acids is 2. The number of nitrogens with one attached hydrogen (secondary N) is 2. The molecule has 1 aliphatic carbocycles. The van der Waals surface area contributed by atoms with E-state index >= 15 is 0 Å². The van der Waals surface area contributed by atoms with Crippen molar-refractivity contribution in [3.05, 3.63) is 45.9 Å². The number of anilines is 1. The van der Waals surface area contributed by atoms with Crippen LogP contribution in [0.5, 0.6) is 0 Å². The lowest BCUT2D eigenvalue weighted by molar-refractivity contribution is -0.120. The average molecular weight is 357 g/mol. The van der Waals surface area contributed by atoms with Crippen molar-refractivity contribution in [2.24, 2.45) is 5.92 Å². The second kappa shape index (κ2) is 8.25. The van der Waals surface area contributed by atoms with E-state index in [-0.39, 0.29) is 17.7 Å². The van der Waals surface area contributed by atoms with Gasteiger partial charge in [-0.05, 0) is 38.0 Å². The fraction of sp³-hybridized carbons (Fsp3) is 0.421. The van der Waals surface area contributed by atoms with E-state index in [9.17, 15) is 9.59 Å². The third-order valence-electron chi connectivity index (χ3n) is 4.44. The molecular formula is C19H23N3O2S. The number of carbonyl (C=O) groups is 2. The Morgan fingerprint density at radius 2 is 2.04 bits per heavy atom. The van der Waals surface area contributed by atoms with Crippen molar-refractivity contribution in [1.82, 2.24) is 10.3 Å². The highest BCUT2D eigenvalue weighted by Crippen LogP contribution is 2.25. The van der Waals surface area contributed by atoms with Crippen LogP contribution in [-0.4, -0.2) is 16.8 Å². The van der Waals surface area contributed by atoms with E-state index in [0.29, 0.717) is 17.8 Å². The first-order valence-corrected chi connectivity index (χ1v) is 9.60. The molecule has 0 spiro atoms. The highest BCUT2D eigenvalue weighted by Gasteiger charge is 2.21. The van der Waals surface area contributed by atoms with E-state index in [0.717, 1.165) is 36.4 Å². The van der Waals surface area contributed by atoms with Crippen LogP contribution >= 0.6 is 11.3 Å². The first-order valence-electron chi connectivity index (χ1n) is 8.72. The molecule has 1 aliphatic rings. The molecule has 1 saturated carbocycles. The zero-order valence-corrected chi connectivity index (χ0v) is 15.2. The number of nitrogens with zero attached hydrogens (tertiary/aromatic N) is 1. The van der Waals surface area contributed by atoms with Crippen molar-refractivity contribution in [3.63, 3.8) is 0 Å². The van der Waals surface area contributed by atoms with Crippen LogP contribution in [0.15, 0.2) is 29.6 Å². The largest absolute Gasteiger partial charge is 0.346 e. The summed E-state index contributed by atoms with van der Waals surface area (Å²) >= 11 is 1.53. The van der Waals surface area contributed by atoms with Crippen LogP contribution < -0.4 is 10.6 Å². The Bertz CT molecular complexity index is 751. The Kier molecular flexibility index (Phi) is 5.81. The number of rotatable bonds is 5. The first-order chi connectivity index (χ1) is 12.1. The van der Waals surface area contributed by atoms with Crippen LogP contribution in [0.1, 0.15) is 53.2 Å². The maximum Gasteiger partial charge on any atom is 0.251 e. The van der Waals surface area contributed by atoms with Crippen LogP contribution in [-0.2, 0) is 11.3 Å².